The van der Waals surface area contributed by atoms with Crippen LogP contribution >= 0.6 is 0 Å². The van der Waals surface area contributed by atoms with E-state index in [-0.39, 0.29) is 6.03 Å². The molecule has 1 aliphatic heterocycles. The highest BCUT2D eigenvalue weighted by Crippen LogP contribution is 1.98. The maximum absolute atomic E-state index is 11.5. The summed E-state index contributed by atoms with van der Waals surface area (Å²) in [7, 11) is 0. The predicted molar refractivity (Wildman–Crippen MR) is 43.1 cm³/mol. The molecule has 1 aliphatic rings. The molecule has 5 nitrogen and oxygen atoms in total. The predicted octanol–water partition coefficient (Wildman–Crippen LogP) is 0.195. The van der Waals surface area contributed by atoms with E-state index in [1.807, 2.05) is 0 Å². The van der Waals surface area contributed by atoms with E-state index >= 15 is 0 Å². The molecular formula is C7H8N4O. The highest BCUT2D eigenvalue weighted by Gasteiger charge is 2.15. The number of carbonyl (C=O) groups is 1. The molecule has 2 rings (SSSR count). The van der Waals surface area contributed by atoms with Crippen LogP contribution in [0.5, 0.6) is 0 Å². The van der Waals surface area contributed by atoms with Crippen molar-refractivity contribution in [3.05, 3.63) is 18.7 Å². The Morgan fingerprint density at radius 1 is 1.50 bits per heavy atom. The first-order valence-electron chi connectivity index (χ1n) is 3.67. The number of carbonyl (C=O) groups excluding carboxylic acids is 1. The molecule has 1 aromatic heterocycles. The highest BCUT2D eigenvalue weighted by atomic mass is 16.2. The molecule has 1 amide bonds. The summed E-state index contributed by atoms with van der Waals surface area (Å²) in [5.74, 6) is 0. The van der Waals surface area contributed by atoms with Gasteiger partial charge in [-0.2, -0.15) is 0 Å². The summed E-state index contributed by atoms with van der Waals surface area (Å²) in [5, 5.41) is 0. The third-order valence-electron chi connectivity index (χ3n) is 1.66. The van der Waals surface area contributed by atoms with Gasteiger partial charge >= 0.3 is 6.03 Å². The Labute approximate surface area is 69.3 Å². The van der Waals surface area contributed by atoms with Crippen molar-refractivity contribution in [2.75, 3.05) is 13.1 Å². The lowest BCUT2D eigenvalue weighted by Gasteiger charge is -2.10. The molecule has 0 radical (unpaired) electrons. The fourth-order valence-corrected chi connectivity index (χ4v) is 1.05. The largest absolute Gasteiger partial charge is 0.334 e. The average molecular weight is 164 g/mol. The number of hydrogen-bond acceptors (Lipinski definition) is 3. The Bertz CT molecular complexity index is 303. The summed E-state index contributed by atoms with van der Waals surface area (Å²) in [6, 6.07) is -0.103. The van der Waals surface area contributed by atoms with Crippen LogP contribution in [0.15, 0.2) is 23.7 Å². The quantitative estimate of drug-likeness (QED) is 0.549. The molecule has 0 aromatic carbocycles. The monoisotopic (exact) mass is 164 g/mol. The summed E-state index contributed by atoms with van der Waals surface area (Å²) < 4.78 is 1.43. The first-order valence-corrected chi connectivity index (χ1v) is 3.67. The van der Waals surface area contributed by atoms with Gasteiger partial charge < -0.3 is 0 Å². The van der Waals surface area contributed by atoms with Crippen molar-refractivity contribution in [2.24, 2.45) is 4.99 Å². The second kappa shape index (κ2) is 2.77. The van der Waals surface area contributed by atoms with Crippen LogP contribution in [0.4, 0.5) is 4.79 Å². The third-order valence-corrected chi connectivity index (χ3v) is 1.66. The van der Waals surface area contributed by atoms with Gasteiger partial charge in [0.15, 0.2) is 0 Å². The molecule has 0 atom stereocenters. The summed E-state index contributed by atoms with van der Waals surface area (Å²) in [5.41, 5.74) is 0. The van der Waals surface area contributed by atoms with Crippen LogP contribution < -0.4 is 0 Å². The molecule has 0 fully saturated rings. The first-order chi connectivity index (χ1) is 5.88. The van der Waals surface area contributed by atoms with Crippen LogP contribution in [0, 0.1) is 0 Å². The zero-order valence-electron chi connectivity index (χ0n) is 6.42. The van der Waals surface area contributed by atoms with Gasteiger partial charge in [0, 0.05) is 18.9 Å². The van der Waals surface area contributed by atoms with E-state index in [0.717, 1.165) is 0 Å². The number of aromatic nitrogens is 2. The van der Waals surface area contributed by atoms with Gasteiger partial charge in [-0.1, -0.05) is 0 Å². The third kappa shape index (κ3) is 1.09. The number of imidazole rings is 1. The zero-order chi connectivity index (χ0) is 8.39. The Balaban J connectivity index is 2.15. The second-order valence-electron chi connectivity index (χ2n) is 2.47. The summed E-state index contributed by atoms with van der Waals surface area (Å²) in [6.07, 6.45) is 6.23. The minimum atomic E-state index is -0.103. The summed E-state index contributed by atoms with van der Waals surface area (Å²) in [4.78, 5) is 20.8. The summed E-state index contributed by atoms with van der Waals surface area (Å²) in [6.45, 7) is 1.36. The SMILES string of the molecule is O=C(N1C=NCC1)n1ccnc1. The van der Waals surface area contributed by atoms with Gasteiger partial charge in [-0.05, 0) is 0 Å². The molecule has 12 heavy (non-hydrogen) atoms. The lowest BCUT2D eigenvalue weighted by atomic mass is 10.6. The molecule has 0 unspecified atom stereocenters. The molecule has 0 saturated carbocycles. The van der Waals surface area contributed by atoms with Crippen LogP contribution in [0.25, 0.3) is 0 Å². The smallest absolute Gasteiger partial charge is 0.282 e. The number of aliphatic imine (C=N–C) groups is 1. The lowest BCUT2D eigenvalue weighted by Crippen LogP contribution is -2.31. The first kappa shape index (κ1) is 7.02. The van der Waals surface area contributed by atoms with Gasteiger partial charge in [0.2, 0.25) is 0 Å². The van der Waals surface area contributed by atoms with Crippen LogP contribution in [0.3, 0.4) is 0 Å². The average Bonchev–Trinajstić information content (AvgIpc) is 2.77. The topological polar surface area (TPSA) is 50.5 Å². The fraction of sp³-hybridized carbons (Fsp3) is 0.286. The fourth-order valence-electron chi connectivity index (χ4n) is 1.05. The van der Waals surface area contributed by atoms with E-state index in [2.05, 4.69) is 9.98 Å². The van der Waals surface area contributed by atoms with Crippen LogP contribution in [0.1, 0.15) is 0 Å². The molecule has 0 saturated heterocycles. The Hall–Kier alpha value is -1.65. The van der Waals surface area contributed by atoms with Crippen LogP contribution in [-0.4, -0.2) is 39.9 Å². The Morgan fingerprint density at radius 3 is 3.00 bits per heavy atom. The standard InChI is InChI=1S/C7H8N4O/c12-7(10-3-1-8-5-10)11-4-2-9-6-11/h1,3,5-6H,2,4H2. The van der Waals surface area contributed by atoms with Crippen molar-refractivity contribution < 1.29 is 4.79 Å². The van der Waals surface area contributed by atoms with E-state index in [1.165, 1.54) is 10.9 Å². The molecule has 0 aliphatic carbocycles. The number of rotatable bonds is 0. The van der Waals surface area contributed by atoms with E-state index in [0.29, 0.717) is 13.1 Å². The van der Waals surface area contributed by atoms with E-state index in [1.54, 1.807) is 23.6 Å². The maximum atomic E-state index is 11.5. The van der Waals surface area contributed by atoms with Crippen LogP contribution in [0.2, 0.25) is 0 Å². The summed E-state index contributed by atoms with van der Waals surface area (Å²) >= 11 is 0. The van der Waals surface area contributed by atoms with Gasteiger partial charge in [-0.15, -0.1) is 0 Å². The van der Waals surface area contributed by atoms with Gasteiger partial charge in [-0.25, -0.2) is 9.78 Å². The van der Waals surface area contributed by atoms with Crippen molar-refractivity contribution in [3.8, 4) is 0 Å². The Morgan fingerprint density at radius 2 is 2.42 bits per heavy atom. The molecule has 0 N–H and O–H groups in total. The van der Waals surface area contributed by atoms with Gasteiger partial charge in [0.05, 0.1) is 12.9 Å². The molecule has 1 aromatic rings. The molecule has 62 valence electrons. The van der Waals surface area contributed by atoms with Gasteiger partial charge in [0.1, 0.15) is 6.33 Å². The van der Waals surface area contributed by atoms with Gasteiger partial charge in [0.25, 0.3) is 0 Å². The van der Waals surface area contributed by atoms with Crippen molar-refractivity contribution in [1.82, 2.24) is 14.5 Å². The van der Waals surface area contributed by atoms with Crippen molar-refractivity contribution in [2.45, 2.75) is 0 Å². The minimum absolute atomic E-state index is 0.103. The molecule has 0 spiro atoms. The minimum Gasteiger partial charge on any atom is -0.282 e. The second-order valence-corrected chi connectivity index (χ2v) is 2.47. The maximum Gasteiger partial charge on any atom is 0.334 e. The lowest BCUT2D eigenvalue weighted by molar-refractivity contribution is 0.226. The van der Waals surface area contributed by atoms with E-state index < -0.39 is 0 Å². The number of nitrogens with zero attached hydrogens (tertiary/aromatic N) is 4. The molecule has 5 heteroatoms. The Kier molecular flexibility index (Phi) is 1.62. The molecule has 2 heterocycles. The van der Waals surface area contributed by atoms with Crippen molar-refractivity contribution in [1.29, 1.82) is 0 Å². The van der Waals surface area contributed by atoms with Gasteiger partial charge in [-0.3, -0.25) is 14.5 Å². The van der Waals surface area contributed by atoms with Crippen molar-refractivity contribution >= 4 is 12.4 Å². The van der Waals surface area contributed by atoms with E-state index in [4.69, 9.17) is 0 Å². The van der Waals surface area contributed by atoms with Crippen molar-refractivity contribution in [3.63, 3.8) is 0 Å². The number of amides is 1. The highest BCUT2D eigenvalue weighted by molar-refractivity contribution is 5.88. The molecular weight excluding hydrogens is 156 g/mol. The number of hydrogen-bond donors (Lipinski definition) is 0. The molecule has 0 bridgehead atoms. The van der Waals surface area contributed by atoms with E-state index in [9.17, 15) is 4.79 Å². The zero-order valence-corrected chi connectivity index (χ0v) is 6.42. The normalized spacial score (nSPS) is 15.5. The van der Waals surface area contributed by atoms with Crippen LogP contribution in [-0.2, 0) is 0 Å².